The molecule has 1 spiro atoms. The van der Waals surface area contributed by atoms with Crippen molar-refractivity contribution in [3.05, 3.63) is 214 Å². The first-order chi connectivity index (χ1) is 28.3. The molecule has 6 aromatic rings. The van der Waals surface area contributed by atoms with Crippen molar-refractivity contribution in [2.75, 3.05) is 4.90 Å². The van der Waals surface area contributed by atoms with Gasteiger partial charge in [0.25, 0.3) is 0 Å². The van der Waals surface area contributed by atoms with Gasteiger partial charge in [0.1, 0.15) is 11.2 Å². The summed E-state index contributed by atoms with van der Waals surface area (Å²) >= 11 is 0. The molecule has 274 valence electrons. The van der Waals surface area contributed by atoms with E-state index in [9.17, 15) is 0 Å². The van der Waals surface area contributed by atoms with Crippen LogP contribution < -0.4 is 4.90 Å². The lowest BCUT2D eigenvalue weighted by molar-refractivity contribution is 0.550. The Morgan fingerprint density at radius 1 is 0.632 bits per heavy atom. The van der Waals surface area contributed by atoms with Gasteiger partial charge in [0, 0.05) is 38.6 Å². The maximum Gasteiger partial charge on any atom is 0.142 e. The SMILES string of the molecule is C1=CCC=CC=1C1(c2c(N(C3=CCCC=C3)c3cccc4c3-c3ccccc3C43CCCC3)ccc3c2oc2ccccc23)C2=CC=CCC=C2c2ccccc21. The molecule has 1 heterocycles. The van der Waals surface area contributed by atoms with Crippen molar-refractivity contribution in [2.45, 2.75) is 62.2 Å². The molecular formula is C55H43NO. The van der Waals surface area contributed by atoms with Crippen molar-refractivity contribution >= 4 is 38.9 Å². The third-order valence-electron chi connectivity index (χ3n) is 13.7. The molecule has 0 N–H and O–H groups in total. The second kappa shape index (κ2) is 12.6. The highest BCUT2D eigenvalue weighted by Gasteiger charge is 2.53. The highest BCUT2D eigenvalue weighted by molar-refractivity contribution is 6.11. The Labute approximate surface area is 334 Å². The molecule has 0 aliphatic heterocycles. The molecule has 0 bridgehead atoms. The second-order valence-electron chi connectivity index (χ2n) is 16.5. The van der Waals surface area contributed by atoms with Crippen molar-refractivity contribution in [3.8, 4) is 11.1 Å². The van der Waals surface area contributed by atoms with Gasteiger partial charge in [-0.3, -0.25) is 0 Å². The van der Waals surface area contributed by atoms with Crippen molar-refractivity contribution in [1.29, 1.82) is 0 Å². The first-order valence-corrected chi connectivity index (χ1v) is 20.9. The van der Waals surface area contributed by atoms with Gasteiger partial charge in [-0.2, -0.15) is 0 Å². The van der Waals surface area contributed by atoms with Gasteiger partial charge in [0.05, 0.1) is 16.8 Å². The summed E-state index contributed by atoms with van der Waals surface area (Å²) in [7, 11) is 0. The molecule has 5 aromatic carbocycles. The second-order valence-corrected chi connectivity index (χ2v) is 16.5. The number of para-hydroxylation sites is 1. The van der Waals surface area contributed by atoms with Crippen molar-refractivity contribution < 1.29 is 4.42 Å². The molecule has 0 amide bonds. The molecule has 2 nitrogen and oxygen atoms in total. The Balaban J connectivity index is 1.27. The Hall–Kier alpha value is -6.34. The van der Waals surface area contributed by atoms with E-state index < -0.39 is 5.41 Å². The Morgan fingerprint density at radius 2 is 1.46 bits per heavy atom. The number of hydrogen-bond acceptors (Lipinski definition) is 2. The number of fused-ring (bicyclic) bond motifs is 11. The number of anilines is 2. The van der Waals surface area contributed by atoms with E-state index in [2.05, 4.69) is 175 Å². The van der Waals surface area contributed by atoms with Crippen molar-refractivity contribution in [1.82, 2.24) is 0 Å². The number of benzene rings is 5. The van der Waals surface area contributed by atoms with Crippen LogP contribution in [0.2, 0.25) is 0 Å². The monoisotopic (exact) mass is 733 g/mol. The van der Waals surface area contributed by atoms with E-state index in [0.29, 0.717) is 0 Å². The van der Waals surface area contributed by atoms with Gasteiger partial charge in [0.15, 0.2) is 0 Å². The smallest absolute Gasteiger partial charge is 0.142 e. The van der Waals surface area contributed by atoms with Gasteiger partial charge >= 0.3 is 0 Å². The summed E-state index contributed by atoms with van der Waals surface area (Å²) in [6.07, 6.45) is 32.1. The lowest BCUT2D eigenvalue weighted by atomic mass is 9.65. The molecule has 0 radical (unpaired) electrons. The predicted molar refractivity (Wildman–Crippen MR) is 236 cm³/mol. The fourth-order valence-electron chi connectivity index (χ4n) is 11.5. The molecule has 1 unspecified atom stereocenters. The minimum absolute atomic E-state index is 0.0568. The standard InChI is InChI=1S/C55H43NO/c1-4-19-37(20-5-1)55(45-28-9-3-8-23-39(45)40-24-10-14-29-46(40)55)52-49(34-33-42-41-25-12-15-32-50(41)57-53(42)52)56(38-21-6-2-7-22-38)48-31-18-30-47-51(48)43-26-11-13-27-44(43)54(47)35-16-17-36-54/h3-6,9-15,18-19,21-34H,1-2,7-8,16-17,35-36H2. The number of allylic oxidation sites excluding steroid dienone is 12. The van der Waals surface area contributed by atoms with Crippen LogP contribution >= 0.6 is 0 Å². The zero-order valence-corrected chi connectivity index (χ0v) is 32.1. The highest BCUT2D eigenvalue weighted by Crippen LogP contribution is 2.64. The van der Waals surface area contributed by atoms with Crippen LogP contribution in [0.5, 0.6) is 0 Å². The molecule has 6 aliphatic rings. The summed E-state index contributed by atoms with van der Waals surface area (Å²) < 4.78 is 7.27. The maximum absolute atomic E-state index is 7.27. The van der Waals surface area contributed by atoms with E-state index in [1.807, 2.05) is 0 Å². The number of nitrogens with zero attached hydrogens (tertiary/aromatic N) is 1. The third-order valence-corrected chi connectivity index (χ3v) is 13.7. The topological polar surface area (TPSA) is 16.4 Å². The summed E-state index contributed by atoms with van der Waals surface area (Å²) in [5.74, 6) is 0. The van der Waals surface area contributed by atoms with Crippen LogP contribution in [0.1, 0.15) is 79.2 Å². The molecule has 2 heteroatoms. The van der Waals surface area contributed by atoms with Crippen molar-refractivity contribution in [2.24, 2.45) is 0 Å². The summed E-state index contributed by atoms with van der Waals surface area (Å²) in [6.45, 7) is 0. The van der Waals surface area contributed by atoms with Crippen LogP contribution in [-0.2, 0) is 10.8 Å². The number of furan rings is 1. The minimum atomic E-state index is -0.729. The lowest BCUT2D eigenvalue weighted by Gasteiger charge is -2.39. The van der Waals surface area contributed by atoms with Gasteiger partial charge in [0.2, 0.25) is 0 Å². The van der Waals surface area contributed by atoms with E-state index in [1.165, 1.54) is 81.6 Å². The molecule has 1 atom stereocenters. The van der Waals surface area contributed by atoms with Gasteiger partial charge in [-0.1, -0.05) is 140 Å². The van der Waals surface area contributed by atoms with E-state index in [0.717, 1.165) is 64.4 Å². The quantitative estimate of drug-likeness (QED) is 0.164. The normalized spacial score (nSPS) is 20.8. The number of hydrogen-bond donors (Lipinski definition) is 0. The van der Waals surface area contributed by atoms with E-state index in [4.69, 9.17) is 4.42 Å². The van der Waals surface area contributed by atoms with Crippen LogP contribution in [0.15, 0.2) is 191 Å². The van der Waals surface area contributed by atoms with Crippen molar-refractivity contribution in [3.63, 3.8) is 0 Å². The molecule has 0 saturated heterocycles. The zero-order valence-electron chi connectivity index (χ0n) is 32.1. The first kappa shape index (κ1) is 32.9. The fraction of sp³-hybridized carbons (Fsp3) is 0.182. The van der Waals surface area contributed by atoms with Crippen LogP contribution in [-0.4, -0.2) is 0 Å². The molecule has 1 aromatic heterocycles. The van der Waals surface area contributed by atoms with Gasteiger partial charge in [-0.25, -0.2) is 0 Å². The summed E-state index contributed by atoms with van der Waals surface area (Å²) in [4.78, 5) is 2.61. The molecule has 12 rings (SSSR count). The van der Waals surface area contributed by atoms with E-state index >= 15 is 0 Å². The van der Waals surface area contributed by atoms with Crippen LogP contribution in [0.3, 0.4) is 0 Å². The summed E-state index contributed by atoms with van der Waals surface area (Å²) in [5, 5.41) is 2.27. The Kier molecular flexibility index (Phi) is 7.26. The largest absolute Gasteiger partial charge is 0.456 e. The Morgan fingerprint density at radius 3 is 2.32 bits per heavy atom. The van der Waals surface area contributed by atoms with Gasteiger partial charge in [-0.15, -0.1) is 5.73 Å². The summed E-state index contributed by atoms with van der Waals surface area (Å²) in [6, 6.07) is 38.8. The fourth-order valence-corrected chi connectivity index (χ4v) is 11.5. The molecule has 1 saturated carbocycles. The number of rotatable bonds is 5. The Bertz CT molecular complexity index is 2960. The third kappa shape index (κ3) is 4.48. The predicted octanol–water partition coefficient (Wildman–Crippen LogP) is 14.4. The molecule has 57 heavy (non-hydrogen) atoms. The van der Waals surface area contributed by atoms with Crippen LogP contribution in [0.25, 0.3) is 38.6 Å². The van der Waals surface area contributed by atoms with E-state index in [1.54, 1.807) is 0 Å². The van der Waals surface area contributed by atoms with E-state index in [-0.39, 0.29) is 5.41 Å². The average Bonchev–Trinajstić information content (AvgIpc) is 3.99. The summed E-state index contributed by atoms with van der Waals surface area (Å²) in [5.41, 5.74) is 21.8. The van der Waals surface area contributed by atoms with Gasteiger partial charge in [-0.05, 0) is 114 Å². The molecular weight excluding hydrogens is 691 g/mol. The zero-order chi connectivity index (χ0) is 37.6. The average molecular weight is 734 g/mol. The highest BCUT2D eigenvalue weighted by atomic mass is 16.3. The van der Waals surface area contributed by atoms with Crippen LogP contribution in [0, 0.1) is 0 Å². The molecule has 1 fully saturated rings. The lowest BCUT2D eigenvalue weighted by Crippen LogP contribution is -2.32. The van der Waals surface area contributed by atoms with Gasteiger partial charge < -0.3 is 9.32 Å². The maximum atomic E-state index is 7.27. The minimum Gasteiger partial charge on any atom is -0.456 e. The van der Waals surface area contributed by atoms with Crippen LogP contribution in [0.4, 0.5) is 11.4 Å². The first-order valence-electron chi connectivity index (χ1n) is 20.9. The molecule has 6 aliphatic carbocycles.